The average Bonchev–Trinajstić information content (AvgIpc) is 3.31. The second kappa shape index (κ2) is 8.10. The minimum absolute atomic E-state index is 0.134. The van der Waals surface area contributed by atoms with Crippen LogP contribution in [0, 0.1) is 12.8 Å². The van der Waals surface area contributed by atoms with Crippen molar-refractivity contribution in [2.45, 2.75) is 72.4 Å². The molecule has 1 atom stereocenters. The molecular weight excluding hydrogens is 344 g/mol. The van der Waals surface area contributed by atoms with E-state index >= 15 is 0 Å². The van der Waals surface area contributed by atoms with Crippen LogP contribution >= 0.6 is 0 Å². The van der Waals surface area contributed by atoms with Gasteiger partial charge in [0.25, 0.3) is 0 Å². The second-order valence-electron chi connectivity index (χ2n) is 7.96. The molecule has 8 heteroatoms. The van der Waals surface area contributed by atoms with Crippen molar-refractivity contribution in [3.8, 4) is 0 Å². The molecule has 27 heavy (non-hydrogen) atoms. The van der Waals surface area contributed by atoms with Crippen molar-refractivity contribution >= 4 is 11.7 Å². The van der Waals surface area contributed by atoms with Crippen LogP contribution < -0.4 is 5.32 Å². The lowest BCUT2D eigenvalue weighted by Gasteiger charge is -2.23. The number of rotatable bonds is 6. The molecule has 0 aromatic carbocycles. The Hall–Kier alpha value is -2.38. The Labute approximate surface area is 160 Å². The summed E-state index contributed by atoms with van der Waals surface area (Å²) in [5, 5.41) is 11.6. The van der Waals surface area contributed by atoms with E-state index in [1.54, 1.807) is 18.0 Å². The third-order valence-electron chi connectivity index (χ3n) is 4.94. The first kappa shape index (κ1) is 19.4. The molecule has 0 aliphatic carbocycles. The standard InChI is InChI=1S/C19H30N6O2/c1-12(2)8-10-25-17(13(3)4)15(11-20-25)22-19(26)24-9-6-7-16(24)18-21-14(5)27-23-18/h11-13,16H,6-10H2,1-5H3,(H,22,26). The van der Waals surface area contributed by atoms with E-state index in [1.807, 2.05) is 4.68 Å². The van der Waals surface area contributed by atoms with E-state index in [4.69, 9.17) is 4.52 Å². The molecule has 1 saturated heterocycles. The number of hydrogen-bond donors (Lipinski definition) is 1. The summed E-state index contributed by atoms with van der Waals surface area (Å²) in [6.45, 7) is 12.0. The Balaban J connectivity index is 1.75. The summed E-state index contributed by atoms with van der Waals surface area (Å²) in [4.78, 5) is 19.0. The number of likely N-dealkylation sites (tertiary alicyclic amines) is 1. The fraction of sp³-hybridized carbons (Fsp3) is 0.684. The van der Waals surface area contributed by atoms with Crippen molar-refractivity contribution in [3.63, 3.8) is 0 Å². The van der Waals surface area contributed by atoms with Gasteiger partial charge in [0.2, 0.25) is 5.89 Å². The molecule has 1 N–H and O–H groups in total. The predicted octanol–water partition coefficient (Wildman–Crippen LogP) is 4.11. The summed E-state index contributed by atoms with van der Waals surface area (Å²) in [5.74, 6) is 1.97. The summed E-state index contributed by atoms with van der Waals surface area (Å²) in [6, 6.07) is -0.272. The molecule has 2 aromatic rings. The van der Waals surface area contributed by atoms with Crippen molar-refractivity contribution < 1.29 is 9.32 Å². The van der Waals surface area contributed by atoms with E-state index in [9.17, 15) is 4.79 Å². The number of hydrogen-bond acceptors (Lipinski definition) is 5. The Bertz CT molecular complexity index is 779. The van der Waals surface area contributed by atoms with Gasteiger partial charge in [-0.3, -0.25) is 4.68 Å². The van der Waals surface area contributed by atoms with Crippen molar-refractivity contribution in [3.05, 3.63) is 23.6 Å². The molecular formula is C19H30N6O2. The molecule has 0 spiro atoms. The van der Waals surface area contributed by atoms with Gasteiger partial charge in [0, 0.05) is 20.0 Å². The van der Waals surface area contributed by atoms with Crippen molar-refractivity contribution in [1.29, 1.82) is 0 Å². The maximum absolute atomic E-state index is 12.9. The molecule has 2 aromatic heterocycles. The lowest BCUT2D eigenvalue weighted by molar-refractivity contribution is 0.204. The topological polar surface area (TPSA) is 89.1 Å². The van der Waals surface area contributed by atoms with Gasteiger partial charge in [-0.1, -0.05) is 32.9 Å². The highest BCUT2D eigenvalue weighted by Crippen LogP contribution is 2.32. The van der Waals surface area contributed by atoms with Crippen LogP contribution in [-0.4, -0.2) is 37.4 Å². The predicted molar refractivity (Wildman–Crippen MR) is 103 cm³/mol. The molecule has 3 rings (SSSR count). The SMILES string of the molecule is Cc1nc(C2CCCN2C(=O)Nc2cnn(CCC(C)C)c2C(C)C)no1. The Morgan fingerprint density at radius 3 is 2.78 bits per heavy atom. The zero-order chi connectivity index (χ0) is 19.6. The number of carbonyl (C=O) groups excluding carboxylic acids is 1. The third-order valence-corrected chi connectivity index (χ3v) is 4.94. The molecule has 8 nitrogen and oxygen atoms in total. The molecule has 2 amide bonds. The minimum Gasteiger partial charge on any atom is -0.340 e. The number of nitrogens with zero attached hydrogens (tertiary/aromatic N) is 5. The maximum Gasteiger partial charge on any atom is 0.322 e. The van der Waals surface area contributed by atoms with Crippen molar-refractivity contribution in [2.24, 2.45) is 5.92 Å². The van der Waals surface area contributed by atoms with Gasteiger partial charge in [-0.05, 0) is 31.1 Å². The van der Waals surface area contributed by atoms with Gasteiger partial charge in [-0.2, -0.15) is 10.1 Å². The molecule has 1 fully saturated rings. The number of nitrogens with one attached hydrogen (secondary N) is 1. The number of aryl methyl sites for hydroxylation is 2. The normalized spacial score (nSPS) is 17.3. The number of amides is 2. The van der Waals surface area contributed by atoms with Crippen LogP contribution in [0.1, 0.15) is 76.3 Å². The summed E-state index contributed by atoms with van der Waals surface area (Å²) in [5.41, 5.74) is 1.85. The largest absolute Gasteiger partial charge is 0.340 e. The number of urea groups is 1. The molecule has 148 valence electrons. The van der Waals surface area contributed by atoms with E-state index in [2.05, 4.69) is 48.3 Å². The van der Waals surface area contributed by atoms with Crippen molar-refractivity contribution in [1.82, 2.24) is 24.8 Å². The van der Waals surface area contributed by atoms with Gasteiger partial charge in [0.15, 0.2) is 5.82 Å². The molecule has 1 unspecified atom stereocenters. The van der Waals surface area contributed by atoms with Crippen LogP contribution in [0.3, 0.4) is 0 Å². The zero-order valence-electron chi connectivity index (χ0n) is 16.9. The van der Waals surface area contributed by atoms with Gasteiger partial charge >= 0.3 is 6.03 Å². The van der Waals surface area contributed by atoms with Crippen LogP contribution in [-0.2, 0) is 6.54 Å². The lowest BCUT2D eigenvalue weighted by atomic mass is 10.1. The van der Waals surface area contributed by atoms with E-state index in [0.29, 0.717) is 24.2 Å². The van der Waals surface area contributed by atoms with Gasteiger partial charge in [0.05, 0.1) is 23.6 Å². The van der Waals surface area contributed by atoms with Crippen LogP contribution in [0.25, 0.3) is 0 Å². The van der Waals surface area contributed by atoms with E-state index in [1.165, 1.54) is 0 Å². The Kier molecular flexibility index (Phi) is 5.82. The zero-order valence-corrected chi connectivity index (χ0v) is 16.9. The molecule has 3 heterocycles. The second-order valence-corrected chi connectivity index (χ2v) is 7.96. The van der Waals surface area contributed by atoms with E-state index < -0.39 is 0 Å². The maximum atomic E-state index is 12.9. The molecule has 0 bridgehead atoms. The van der Waals surface area contributed by atoms with Gasteiger partial charge in [-0.15, -0.1) is 0 Å². The first-order valence-corrected chi connectivity index (χ1v) is 9.80. The monoisotopic (exact) mass is 374 g/mol. The number of carbonyl (C=O) groups is 1. The smallest absolute Gasteiger partial charge is 0.322 e. The number of anilines is 1. The fourth-order valence-electron chi connectivity index (χ4n) is 3.57. The highest BCUT2D eigenvalue weighted by molar-refractivity contribution is 5.90. The average molecular weight is 374 g/mol. The van der Waals surface area contributed by atoms with E-state index in [0.717, 1.165) is 37.2 Å². The minimum atomic E-state index is -0.138. The number of aromatic nitrogens is 4. The third kappa shape index (κ3) is 4.31. The van der Waals surface area contributed by atoms with Gasteiger partial charge < -0.3 is 14.7 Å². The van der Waals surface area contributed by atoms with Crippen molar-refractivity contribution in [2.75, 3.05) is 11.9 Å². The first-order chi connectivity index (χ1) is 12.9. The Morgan fingerprint density at radius 2 is 2.15 bits per heavy atom. The van der Waals surface area contributed by atoms with Gasteiger partial charge in [-0.25, -0.2) is 4.79 Å². The van der Waals surface area contributed by atoms with Crippen LogP contribution in [0.4, 0.5) is 10.5 Å². The lowest BCUT2D eigenvalue weighted by Crippen LogP contribution is -2.35. The van der Waals surface area contributed by atoms with Crippen LogP contribution in [0.2, 0.25) is 0 Å². The quantitative estimate of drug-likeness (QED) is 0.822. The summed E-state index contributed by atoms with van der Waals surface area (Å²) < 4.78 is 7.11. The molecule has 1 aliphatic heterocycles. The van der Waals surface area contributed by atoms with Gasteiger partial charge in [0.1, 0.15) is 0 Å². The van der Waals surface area contributed by atoms with Crippen LogP contribution in [0.5, 0.6) is 0 Å². The summed E-state index contributed by atoms with van der Waals surface area (Å²) >= 11 is 0. The molecule has 0 saturated carbocycles. The summed E-state index contributed by atoms with van der Waals surface area (Å²) in [7, 11) is 0. The summed E-state index contributed by atoms with van der Waals surface area (Å²) in [6.07, 6.45) is 4.59. The highest BCUT2D eigenvalue weighted by atomic mass is 16.5. The fourth-order valence-corrected chi connectivity index (χ4v) is 3.57. The Morgan fingerprint density at radius 1 is 1.37 bits per heavy atom. The molecule has 0 radical (unpaired) electrons. The molecule has 1 aliphatic rings. The van der Waals surface area contributed by atoms with E-state index in [-0.39, 0.29) is 18.0 Å². The first-order valence-electron chi connectivity index (χ1n) is 9.80. The highest BCUT2D eigenvalue weighted by Gasteiger charge is 2.34. The van der Waals surface area contributed by atoms with Crippen LogP contribution in [0.15, 0.2) is 10.7 Å².